The molecule has 1 aromatic carbocycles. The van der Waals surface area contributed by atoms with E-state index in [4.69, 9.17) is 10.2 Å². The van der Waals surface area contributed by atoms with Crippen molar-refractivity contribution in [2.45, 2.75) is 6.54 Å². The molecule has 0 unspecified atom stereocenters. The van der Waals surface area contributed by atoms with E-state index in [1.807, 2.05) is 50.5 Å². The van der Waals surface area contributed by atoms with Crippen LogP contribution >= 0.6 is 0 Å². The van der Waals surface area contributed by atoms with Crippen molar-refractivity contribution >= 4 is 5.69 Å². The smallest absolute Gasteiger partial charge is 0.134 e. The zero-order valence-corrected chi connectivity index (χ0v) is 9.60. The Balaban J connectivity index is 2.21. The highest BCUT2D eigenvalue weighted by Gasteiger charge is 2.05. The maximum Gasteiger partial charge on any atom is 0.134 e. The van der Waals surface area contributed by atoms with Crippen LogP contribution in [0.3, 0.4) is 0 Å². The van der Waals surface area contributed by atoms with E-state index < -0.39 is 0 Å². The molecule has 2 aromatic rings. The molecule has 0 amide bonds. The maximum atomic E-state index is 5.74. The van der Waals surface area contributed by atoms with Gasteiger partial charge >= 0.3 is 0 Å². The van der Waals surface area contributed by atoms with Gasteiger partial charge in [-0.3, -0.25) is 0 Å². The number of rotatable bonds is 3. The lowest BCUT2D eigenvalue weighted by atomic mass is 10.1. The summed E-state index contributed by atoms with van der Waals surface area (Å²) in [5.74, 6) is 1.86. The Bertz CT molecular complexity index is 457. The van der Waals surface area contributed by atoms with Gasteiger partial charge in [0.1, 0.15) is 11.5 Å². The topological polar surface area (TPSA) is 42.4 Å². The second kappa shape index (κ2) is 4.41. The molecule has 84 valence electrons. The Morgan fingerprint density at radius 1 is 1.06 bits per heavy atom. The number of hydrogen-bond donors (Lipinski definition) is 1. The molecule has 3 heteroatoms. The molecule has 0 spiro atoms. The summed E-state index contributed by atoms with van der Waals surface area (Å²) in [6.45, 7) is 0.814. The highest BCUT2D eigenvalue weighted by molar-refractivity contribution is 5.60. The van der Waals surface area contributed by atoms with Gasteiger partial charge in [-0.15, -0.1) is 0 Å². The lowest BCUT2D eigenvalue weighted by molar-refractivity contribution is 0.353. The molecule has 3 nitrogen and oxygen atoms in total. The molecule has 0 bridgehead atoms. The molecule has 0 fully saturated rings. The van der Waals surface area contributed by atoms with Crippen molar-refractivity contribution < 1.29 is 4.42 Å². The van der Waals surface area contributed by atoms with Gasteiger partial charge in [-0.05, 0) is 50.5 Å². The van der Waals surface area contributed by atoms with Crippen LogP contribution in [0.1, 0.15) is 5.76 Å². The summed E-state index contributed by atoms with van der Waals surface area (Å²) in [5.41, 5.74) is 7.46. The van der Waals surface area contributed by atoms with Crippen molar-refractivity contribution in [3.63, 3.8) is 0 Å². The molecule has 1 heterocycles. The fraction of sp³-hybridized carbons (Fsp3) is 0.231. The van der Waals surface area contributed by atoms with Crippen LogP contribution in [0.25, 0.3) is 11.3 Å². The van der Waals surface area contributed by atoms with Gasteiger partial charge in [-0.2, -0.15) is 0 Å². The predicted octanol–water partition coefficient (Wildman–Crippen LogP) is 2.59. The van der Waals surface area contributed by atoms with Crippen LogP contribution in [0.4, 0.5) is 5.69 Å². The van der Waals surface area contributed by atoms with Gasteiger partial charge in [0, 0.05) is 11.3 Å². The van der Waals surface area contributed by atoms with Gasteiger partial charge in [0.25, 0.3) is 0 Å². The second-order valence-electron chi connectivity index (χ2n) is 4.13. The number of nitrogens with two attached hydrogens (primary N) is 1. The zero-order valence-electron chi connectivity index (χ0n) is 9.60. The number of nitrogens with zero attached hydrogens (tertiary/aromatic N) is 1. The Kier molecular flexibility index (Phi) is 2.97. The molecular weight excluding hydrogens is 200 g/mol. The minimum atomic E-state index is 0.767. The summed E-state index contributed by atoms with van der Waals surface area (Å²) >= 11 is 0. The molecule has 0 atom stereocenters. The standard InChI is InChI=1S/C13H16N2O/c1-15(2)9-12-7-8-13(16-12)10-3-5-11(14)6-4-10/h3-8H,9,14H2,1-2H3. The molecule has 0 aliphatic carbocycles. The summed E-state index contributed by atoms with van der Waals surface area (Å²) in [7, 11) is 4.04. The van der Waals surface area contributed by atoms with Gasteiger partial charge in [0.05, 0.1) is 6.54 Å². The highest BCUT2D eigenvalue weighted by atomic mass is 16.3. The largest absolute Gasteiger partial charge is 0.460 e. The van der Waals surface area contributed by atoms with E-state index in [2.05, 4.69) is 4.90 Å². The molecule has 0 radical (unpaired) electrons. The SMILES string of the molecule is CN(C)Cc1ccc(-c2ccc(N)cc2)o1. The zero-order chi connectivity index (χ0) is 11.5. The molecule has 0 aliphatic rings. The number of furan rings is 1. The second-order valence-corrected chi connectivity index (χ2v) is 4.13. The molecular formula is C13H16N2O. The van der Waals surface area contributed by atoms with E-state index in [9.17, 15) is 0 Å². The lowest BCUT2D eigenvalue weighted by Crippen LogP contribution is -2.09. The Labute approximate surface area is 95.5 Å². The molecule has 2 rings (SSSR count). The van der Waals surface area contributed by atoms with E-state index in [1.54, 1.807) is 0 Å². The van der Waals surface area contributed by atoms with Gasteiger partial charge in [0.2, 0.25) is 0 Å². The summed E-state index contributed by atoms with van der Waals surface area (Å²) in [6, 6.07) is 11.7. The van der Waals surface area contributed by atoms with E-state index in [0.29, 0.717) is 0 Å². The third kappa shape index (κ3) is 2.44. The predicted molar refractivity (Wildman–Crippen MR) is 65.9 cm³/mol. The molecule has 1 aromatic heterocycles. The van der Waals surface area contributed by atoms with Crippen molar-refractivity contribution in [3.05, 3.63) is 42.2 Å². The number of hydrogen-bond acceptors (Lipinski definition) is 3. The normalized spacial score (nSPS) is 10.9. The van der Waals surface area contributed by atoms with E-state index in [1.165, 1.54) is 0 Å². The Morgan fingerprint density at radius 3 is 2.38 bits per heavy atom. The fourth-order valence-electron chi connectivity index (χ4n) is 1.58. The molecule has 16 heavy (non-hydrogen) atoms. The molecule has 0 saturated heterocycles. The van der Waals surface area contributed by atoms with Crippen molar-refractivity contribution in [2.75, 3.05) is 19.8 Å². The van der Waals surface area contributed by atoms with Gasteiger partial charge < -0.3 is 15.1 Å². The average Bonchev–Trinajstić information content (AvgIpc) is 2.66. The lowest BCUT2D eigenvalue weighted by Gasteiger charge is -2.05. The van der Waals surface area contributed by atoms with Crippen molar-refractivity contribution in [2.24, 2.45) is 0 Å². The van der Waals surface area contributed by atoms with Crippen LogP contribution in [-0.4, -0.2) is 19.0 Å². The summed E-state index contributed by atoms with van der Waals surface area (Å²) < 4.78 is 5.74. The van der Waals surface area contributed by atoms with E-state index in [0.717, 1.165) is 29.3 Å². The first-order valence-corrected chi connectivity index (χ1v) is 5.24. The number of anilines is 1. The number of nitrogen functional groups attached to an aromatic ring is 1. The van der Waals surface area contributed by atoms with Crippen LogP contribution in [0.2, 0.25) is 0 Å². The minimum Gasteiger partial charge on any atom is -0.460 e. The Morgan fingerprint density at radius 2 is 1.75 bits per heavy atom. The monoisotopic (exact) mass is 216 g/mol. The van der Waals surface area contributed by atoms with Crippen LogP contribution < -0.4 is 5.73 Å². The minimum absolute atomic E-state index is 0.767. The maximum absolute atomic E-state index is 5.74. The third-order valence-corrected chi connectivity index (χ3v) is 2.33. The van der Waals surface area contributed by atoms with Crippen LogP contribution in [-0.2, 0) is 6.54 Å². The van der Waals surface area contributed by atoms with Crippen molar-refractivity contribution in [1.29, 1.82) is 0 Å². The van der Waals surface area contributed by atoms with Gasteiger partial charge in [-0.25, -0.2) is 0 Å². The fourth-order valence-corrected chi connectivity index (χ4v) is 1.58. The van der Waals surface area contributed by atoms with Crippen LogP contribution in [0, 0.1) is 0 Å². The van der Waals surface area contributed by atoms with Crippen LogP contribution in [0.5, 0.6) is 0 Å². The summed E-state index contributed by atoms with van der Waals surface area (Å²) in [5, 5.41) is 0. The Hall–Kier alpha value is -1.74. The first-order chi connectivity index (χ1) is 7.65. The van der Waals surface area contributed by atoms with E-state index in [-0.39, 0.29) is 0 Å². The first-order valence-electron chi connectivity index (χ1n) is 5.24. The highest BCUT2D eigenvalue weighted by Crippen LogP contribution is 2.23. The molecule has 0 aliphatic heterocycles. The average molecular weight is 216 g/mol. The van der Waals surface area contributed by atoms with E-state index >= 15 is 0 Å². The van der Waals surface area contributed by atoms with Crippen molar-refractivity contribution in [1.82, 2.24) is 4.90 Å². The molecule has 2 N–H and O–H groups in total. The quantitative estimate of drug-likeness (QED) is 0.802. The van der Waals surface area contributed by atoms with Gasteiger partial charge in [0.15, 0.2) is 0 Å². The number of benzene rings is 1. The third-order valence-electron chi connectivity index (χ3n) is 2.33. The molecule has 0 saturated carbocycles. The van der Waals surface area contributed by atoms with Crippen LogP contribution in [0.15, 0.2) is 40.8 Å². The van der Waals surface area contributed by atoms with Gasteiger partial charge in [-0.1, -0.05) is 0 Å². The van der Waals surface area contributed by atoms with Crippen molar-refractivity contribution in [3.8, 4) is 11.3 Å². The summed E-state index contributed by atoms with van der Waals surface area (Å²) in [6.07, 6.45) is 0. The first kappa shape index (κ1) is 10.8. The summed E-state index contributed by atoms with van der Waals surface area (Å²) in [4.78, 5) is 2.07.